The number of likely N-dealkylation sites (tertiary alicyclic amines) is 1. The van der Waals surface area contributed by atoms with E-state index in [4.69, 9.17) is 26.1 Å². The van der Waals surface area contributed by atoms with Gasteiger partial charge in [0.2, 0.25) is 0 Å². The highest BCUT2D eigenvalue weighted by molar-refractivity contribution is 8.00. The summed E-state index contributed by atoms with van der Waals surface area (Å²) in [7, 11) is 1.79. The number of piperidine rings is 1. The molecular weight excluding hydrogens is 576 g/mol. The van der Waals surface area contributed by atoms with Gasteiger partial charge in [0.25, 0.3) is 5.56 Å². The zero-order valence-electron chi connectivity index (χ0n) is 25.2. The summed E-state index contributed by atoms with van der Waals surface area (Å²) in [6, 6.07) is 0.627. The van der Waals surface area contributed by atoms with Crippen LogP contribution in [-0.4, -0.2) is 99.0 Å². The van der Waals surface area contributed by atoms with Crippen LogP contribution in [0, 0.1) is 24.7 Å². The van der Waals surface area contributed by atoms with Gasteiger partial charge in [-0.25, -0.2) is 4.98 Å². The Balaban J connectivity index is 1.13. The minimum atomic E-state index is -0.701. The highest BCUT2D eigenvalue weighted by atomic mass is 35.5. The number of rotatable bonds is 8. The number of fused-ring (bicyclic) bond motifs is 2. The van der Waals surface area contributed by atoms with E-state index in [0.29, 0.717) is 37.0 Å². The molecule has 9 nitrogen and oxygen atoms in total. The highest BCUT2D eigenvalue weighted by Gasteiger charge is 2.51. The number of carboxylic acids is 1. The molecule has 11 heteroatoms. The molecule has 1 saturated carbocycles. The fraction of sp³-hybridized carbons (Fsp3) is 0.839. The van der Waals surface area contributed by atoms with Crippen LogP contribution in [0.3, 0.4) is 0 Å². The second-order valence-electron chi connectivity index (χ2n) is 13.3. The van der Waals surface area contributed by atoms with Gasteiger partial charge in [-0.1, -0.05) is 0 Å². The van der Waals surface area contributed by atoms with Crippen molar-refractivity contribution in [2.24, 2.45) is 17.8 Å². The maximum atomic E-state index is 13.7. The number of aromatic nitrogens is 2. The lowest BCUT2D eigenvalue weighted by Gasteiger charge is -2.47. The first kappa shape index (κ1) is 30.8. The zero-order chi connectivity index (χ0) is 29.5. The summed E-state index contributed by atoms with van der Waals surface area (Å²) >= 11 is 8.54. The first-order valence-electron chi connectivity index (χ1n) is 16.0. The summed E-state index contributed by atoms with van der Waals surface area (Å²) in [5.41, 5.74) is 1.93. The third-order valence-electron chi connectivity index (χ3n) is 10.8. The van der Waals surface area contributed by atoms with E-state index in [1.54, 1.807) is 7.11 Å². The predicted molar refractivity (Wildman–Crippen MR) is 165 cm³/mol. The summed E-state index contributed by atoms with van der Waals surface area (Å²) < 4.78 is 14.0. The Hall–Kier alpha value is -1.17. The van der Waals surface area contributed by atoms with E-state index in [-0.39, 0.29) is 46.2 Å². The first-order valence-corrected chi connectivity index (χ1v) is 17.4. The van der Waals surface area contributed by atoms with Gasteiger partial charge in [-0.3, -0.25) is 19.1 Å². The van der Waals surface area contributed by atoms with Crippen molar-refractivity contribution < 1.29 is 19.4 Å². The van der Waals surface area contributed by atoms with Crippen molar-refractivity contribution >= 4 is 29.3 Å². The van der Waals surface area contributed by atoms with Crippen LogP contribution in [0.5, 0.6) is 0 Å². The van der Waals surface area contributed by atoms with Crippen LogP contribution in [0.4, 0.5) is 0 Å². The Bertz CT molecular complexity index is 1200. The van der Waals surface area contributed by atoms with E-state index in [2.05, 4.69) is 17.1 Å². The summed E-state index contributed by atoms with van der Waals surface area (Å²) in [6.07, 6.45) is 7.77. The number of thioether (sulfide) groups is 1. The van der Waals surface area contributed by atoms with Gasteiger partial charge in [-0.2, -0.15) is 11.8 Å². The topological polar surface area (TPSA) is 106 Å². The average Bonchev–Trinajstić information content (AvgIpc) is 3.62. The van der Waals surface area contributed by atoms with Gasteiger partial charge in [-0.15, -0.1) is 11.6 Å². The number of alkyl halides is 1. The average molecular weight is 623 g/mol. The van der Waals surface area contributed by atoms with Crippen LogP contribution in [0.25, 0.3) is 0 Å². The van der Waals surface area contributed by atoms with Crippen LogP contribution in [0.2, 0.25) is 0 Å². The molecule has 1 aromatic rings. The summed E-state index contributed by atoms with van der Waals surface area (Å²) in [4.78, 5) is 33.1. The molecule has 1 aromatic heterocycles. The molecule has 0 radical (unpaired) electrons. The fourth-order valence-electron chi connectivity index (χ4n) is 8.57. The third kappa shape index (κ3) is 6.18. The van der Waals surface area contributed by atoms with E-state index in [9.17, 15) is 14.7 Å². The van der Waals surface area contributed by atoms with E-state index in [1.807, 2.05) is 23.3 Å². The molecule has 234 valence electrons. The number of nitrogens with zero attached hydrogens (tertiary/aromatic N) is 3. The van der Waals surface area contributed by atoms with Gasteiger partial charge in [0, 0.05) is 60.3 Å². The molecule has 0 aromatic carbocycles. The molecule has 10 atom stereocenters. The lowest BCUT2D eigenvalue weighted by molar-refractivity contribution is -0.142. The van der Waals surface area contributed by atoms with Gasteiger partial charge in [0.15, 0.2) is 0 Å². The standard InChI is InChI=1S/C31H47ClN4O5S/c1-17-12-23(29-28(33-17)25(16-42-29)31(38)39)22-13-19(32)4-7-27(22)41-11-10-36-18(2)34-26-6-5-20(14-24(26)30(36)37)35-9-8-21(15-35)40-3/h17,19-23,25,27-29,33H,4-16H2,1-3H3,(H,38,39)/t17?,19?,20-,21+,22?,23?,25?,27?,28?,29?/m1/s1. The molecule has 5 aliphatic rings. The molecular formula is C31H47ClN4O5S. The van der Waals surface area contributed by atoms with Gasteiger partial charge in [0.05, 0.1) is 37.0 Å². The van der Waals surface area contributed by atoms with Crippen molar-refractivity contribution in [2.45, 2.75) is 113 Å². The van der Waals surface area contributed by atoms with E-state index < -0.39 is 5.97 Å². The number of hydrogen-bond donors (Lipinski definition) is 2. The Kier molecular flexibility index (Phi) is 9.58. The number of halogens is 1. The molecule has 0 amide bonds. The van der Waals surface area contributed by atoms with Crippen LogP contribution < -0.4 is 10.9 Å². The summed E-state index contributed by atoms with van der Waals surface area (Å²) in [5.74, 6) is 1.02. The Labute approximate surface area is 258 Å². The minimum Gasteiger partial charge on any atom is -0.481 e. The summed E-state index contributed by atoms with van der Waals surface area (Å²) in [6.45, 7) is 7.02. The minimum absolute atomic E-state index is 0.00910. The van der Waals surface area contributed by atoms with E-state index in [1.165, 1.54) is 0 Å². The normalized spacial score (nSPS) is 38.8. The number of nitrogens with one attached hydrogen (secondary N) is 1. The second kappa shape index (κ2) is 13.1. The quantitative estimate of drug-likeness (QED) is 0.423. The summed E-state index contributed by atoms with van der Waals surface area (Å²) in [5, 5.41) is 13.8. The van der Waals surface area contributed by atoms with Gasteiger partial charge < -0.3 is 19.9 Å². The molecule has 8 unspecified atom stereocenters. The lowest BCUT2D eigenvalue weighted by Crippen LogP contribution is -2.57. The molecule has 0 spiro atoms. The largest absolute Gasteiger partial charge is 0.481 e. The number of hydrogen-bond acceptors (Lipinski definition) is 8. The molecule has 42 heavy (non-hydrogen) atoms. The number of carboxylic acid groups (broad SMARTS) is 1. The maximum absolute atomic E-state index is 13.7. The predicted octanol–water partition coefficient (Wildman–Crippen LogP) is 3.11. The number of aliphatic carboxylic acids is 1. The molecule has 0 bridgehead atoms. The molecule has 6 rings (SSSR count). The zero-order valence-corrected chi connectivity index (χ0v) is 26.7. The van der Waals surface area contributed by atoms with Crippen molar-refractivity contribution in [1.29, 1.82) is 0 Å². The molecule has 2 aliphatic carbocycles. The Morgan fingerprint density at radius 1 is 1.21 bits per heavy atom. The SMILES string of the molecule is CO[C@H]1CCN([C@@H]2CCc3nc(C)n(CCOC4CCC(Cl)CC4C4CC(C)NC5C(C(=O)O)CSC45)c(=O)c3C2)C1. The molecule has 2 N–H and O–H groups in total. The lowest BCUT2D eigenvalue weighted by atomic mass is 9.70. The second-order valence-corrected chi connectivity index (χ2v) is 15.1. The van der Waals surface area contributed by atoms with Gasteiger partial charge in [-0.05, 0) is 77.0 Å². The van der Waals surface area contributed by atoms with Crippen LogP contribution in [-0.2, 0) is 33.7 Å². The Morgan fingerprint density at radius 3 is 2.81 bits per heavy atom. The Morgan fingerprint density at radius 2 is 2.05 bits per heavy atom. The maximum Gasteiger partial charge on any atom is 0.308 e. The highest BCUT2D eigenvalue weighted by Crippen LogP contribution is 2.48. The van der Waals surface area contributed by atoms with Crippen molar-refractivity contribution in [3.05, 3.63) is 27.4 Å². The number of methoxy groups -OCH3 is 1. The van der Waals surface area contributed by atoms with E-state index >= 15 is 0 Å². The third-order valence-corrected chi connectivity index (χ3v) is 12.8. The van der Waals surface area contributed by atoms with Crippen LogP contribution in [0.1, 0.15) is 62.5 Å². The number of carbonyl (C=O) groups is 1. The number of ether oxygens (including phenoxy) is 2. The van der Waals surface area contributed by atoms with Gasteiger partial charge >= 0.3 is 5.97 Å². The van der Waals surface area contributed by atoms with Crippen molar-refractivity contribution in [3.63, 3.8) is 0 Å². The molecule has 4 fully saturated rings. The number of aryl methyl sites for hydroxylation is 2. The van der Waals surface area contributed by atoms with Crippen molar-refractivity contribution in [2.75, 3.05) is 32.6 Å². The monoisotopic (exact) mass is 622 g/mol. The van der Waals surface area contributed by atoms with Crippen molar-refractivity contribution in [1.82, 2.24) is 19.8 Å². The fourth-order valence-corrected chi connectivity index (χ4v) is 10.7. The molecule has 3 aliphatic heterocycles. The van der Waals surface area contributed by atoms with Crippen LogP contribution in [0.15, 0.2) is 4.79 Å². The molecule has 3 saturated heterocycles. The van der Waals surface area contributed by atoms with E-state index in [0.717, 1.165) is 81.5 Å². The smallest absolute Gasteiger partial charge is 0.308 e. The van der Waals surface area contributed by atoms with Crippen LogP contribution >= 0.6 is 23.4 Å². The van der Waals surface area contributed by atoms with Gasteiger partial charge in [0.1, 0.15) is 5.82 Å². The van der Waals surface area contributed by atoms with Crippen molar-refractivity contribution in [3.8, 4) is 0 Å². The first-order chi connectivity index (χ1) is 20.2. The molecule has 4 heterocycles.